The Kier molecular flexibility index (Phi) is 4.95. The molecule has 3 heteroatoms. The summed E-state index contributed by atoms with van der Waals surface area (Å²) in [6, 6.07) is 10.5. The van der Waals surface area contributed by atoms with Crippen molar-refractivity contribution >= 4 is 12.7 Å². The maximum Gasteiger partial charge on any atom is 0.487 e. The summed E-state index contributed by atoms with van der Waals surface area (Å²) in [5.41, 5.74) is 2.03. The van der Waals surface area contributed by atoms with Crippen LogP contribution in [0.2, 0.25) is 0 Å². The lowest BCUT2D eigenvalue weighted by Crippen LogP contribution is -2.41. The van der Waals surface area contributed by atoms with Gasteiger partial charge < -0.3 is 9.31 Å². The molecule has 0 radical (unpaired) electrons. The van der Waals surface area contributed by atoms with E-state index >= 15 is 0 Å². The minimum Gasteiger partial charge on any atom is -0.400 e. The van der Waals surface area contributed by atoms with E-state index in [4.69, 9.17) is 9.31 Å². The summed E-state index contributed by atoms with van der Waals surface area (Å²) < 4.78 is 12.2. The van der Waals surface area contributed by atoms with Gasteiger partial charge in [-0.2, -0.15) is 0 Å². The zero-order valence-corrected chi connectivity index (χ0v) is 14.0. The Morgan fingerprint density at radius 1 is 1.05 bits per heavy atom. The highest BCUT2D eigenvalue weighted by molar-refractivity contribution is 6.53. The van der Waals surface area contributed by atoms with Crippen molar-refractivity contribution in [1.82, 2.24) is 0 Å². The van der Waals surface area contributed by atoms with Crippen molar-refractivity contribution in [1.29, 1.82) is 0 Å². The summed E-state index contributed by atoms with van der Waals surface area (Å²) in [4.78, 5) is 0. The first kappa shape index (κ1) is 16.3. The summed E-state index contributed by atoms with van der Waals surface area (Å²) in [5.74, 6) is 2.15. The van der Waals surface area contributed by atoms with E-state index in [9.17, 15) is 0 Å². The number of allylic oxidation sites excluding steroid dienone is 1. The van der Waals surface area contributed by atoms with Gasteiger partial charge in [0.2, 0.25) is 0 Å². The smallest absolute Gasteiger partial charge is 0.400 e. The fourth-order valence-electron chi connectivity index (χ4n) is 2.46. The molecule has 0 spiro atoms. The normalized spacial score (nSPS) is 20.8. The van der Waals surface area contributed by atoms with Crippen LogP contribution in [-0.4, -0.2) is 18.3 Å². The van der Waals surface area contributed by atoms with Crippen molar-refractivity contribution in [2.75, 3.05) is 0 Å². The van der Waals surface area contributed by atoms with Gasteiger partial charge in [0.25, 0.3) is 0 Å². The van der Waals surface area contributed by atoms with Gasteiger partial charge in [0.1, 0.15) is 0 Å². The Morgan fingerprint density at radius 3 is 2.14 bits per heavy atom. The number of benzene rings is 1. The average molecular weight is 286 g/mol. The van der Waals surface area contributed by atoms with Crippen LogP contribution in [0, 0.1) is 0 Å². The molecule has 21 heavy (non-hydrogen) atoms. The third kappa shape index (κ3) is 3.78. The lowest BCUT2D eigenvalue weighted by Gasteiger charge is -2.32. The zero-order valence-electron chi connectivity index (χ0n) is 14.0. The largest absolute Gasteiger partial charge is 0.487 e. The Bertz CT molecular complexity index is 475. The van der Waals surface area contributed by atoms with E-state index in [-0.39, 0.29) is 18.3 Å². The lowest BCUT2D eigenvalue weighted by atomic mass is 9.83. The summed E-state index contributed by atoms with van der Waals surface area (Å²) in [6.07, 6.45) is 3.43. The molecule has 0 amide bonds. The van der Waals surface area contributed by atoms with Crippen molar-refractivity contribution in [3.05, 3.63) is 41.9 Å². The summed E-state index contributed by atoms with van der Waals surface area (Å²) in [7, 11) is -0.262. The van der Waals surface area contributed by atoms with Gasteiger partial charge in [-0.05, 0) is 51.7 Å². The molecule has 0 saturated carbocycles. The summed E-state index contributed by atoms with van der Waals surface area (Å²) >= 11 is 0. The highest BCUT2D eigenvalue weighted by Crippen LogP contribution is 2.38. The fourth-order valence-corrected chi connectivity index (χ4v) is 2.46. The molecule has 1 heterocycles. The standard InChI is InChI=1S/C18H27BO2/c1-6-7-11-16(15-12-9-8-10-13-15)14-19-20-17(2,3)18(4,5)21-19/h8-10,12-14H,6-7,11H2,1-5H3/b16-14-. The first-order chi connectivity index (χ1) is 9.86. The van der Waals surface area contributed by atoms with Gasteiger partial charge in [-0.1, -0.05) is 49.7 Å². The van der Waals surface area contributed by atoms with Crippen LogP contribution < -0.4 is 0 Å². The third-order valence-electron chi connectivity index (χ3n) is 4.55. The maximum atomic E-state index is 6.10. The third-order valence-corrected chi connectivity index (χ3v) is 4.55. The second-order valence-corrected chi connectivity index (χ2v) is 6.79. The van der Waals surface area contributed by atoms with E-state index in [0.717, 1.165) is 6.42 Å². The lowest BCUT2D eigenvalue weighted by molar-refractivity contribution is 0.00578. The molecule has 1 saturated heterocycles. The number of hydrogen-bond acceptors (Lipinski definition) is 2. The molecule has 0 unspecified atom stereocenters. The minimum atomic E-state index is -0.277. The molecule has 114 valence electrons. The van der Waals surface area contributed by atoms with Gasteiger partial charge in [-0.3, -0.25) is 0 Å². The fraction of sp³-hybridized carbons (Fsp3) is 0.556. The second kappa shape index (κ2) is 6.37. The van der Waals surface area contributed by atoms with Crippen LogP contribution in [0.3, 0.4) is 0 Å². The van der Waals surface area contributed by atoms with Crippen molar-refractivity contribution < 1.29 is 9.31 Å². The van der Waals surface area contributed by atoms with E-state index in [1.54, 1.807) is 0 Å². The minimum absolute atomic E-state index is 0.262. The van der Waals surface area contributed by atoms with Crippen LogP contribution in [0.15, 0.2) is 36.3 Å². The molecule has 2 rings (SSSR count). The molecule has 0 N–H and O–H groups in total. The molecule has 2 nitrogen and oxygen atoms in total. The van der Waals surface area contributed by atoms with Crippen molar-refractivity contribution in [2.45, 2.75) is 65.1 Å². The first-order valence-electron chi connectivity index (χ1n) is 7.97. The number of hydrogen-bond donors (Lipinski definition) is 0. The molecule has 1 aromatic rings. The summed E-state index contributed by atoms with van der Waals surface area (Å²) in [5, 5.41) is 0. The van der Waals surface area contributed by atoms with E-state index in [2.05, 4.69) is 70.9 Å². The maximum absolute atomic E-state index is 6.10. The topological polar surface area (TPSA) is 18.5 Å². The monoisotopic (exact) mass is 286 g/mol. The molecule has 1 aliphatic heterocycles. The molecule has 0 aromatic heterocycles. The van der Waals surface area contributed by atoms with Gasteiger partial charge in [0.15, 0.2) is 0 Å². The highest BCUT2D eigenvalue weighted by Gasteiger charge is 2.50. The molecule has 1 aromatic carbocycles. The van der Waals surface area contributed by atoms with E-state index in [1.807, 2.05) is 0 Å². The van der Waals surface area contributed by atoms with Crippen LogP contribution in [0.1, 0.15) is 59.4 Å². The second-order valence-electron chi connectivity index (χ2n) is 6.79. The van der Waals surface area contributed by atoms with Crippen molar-refractivity contribution in [3.8, 4) is 0 Å². The molecule has 0 aliphatic carbocycles. The van der Waals surface area contributed by atoms with Crippen molar-refractivity contribution in [3.63, 3.8) is 0 Å². The summed E-state index contributed by atoms with van der Waals surface area (Å²) in [6.45, 7) is 10.6. The molecule has 0 atom stereocenters. The predicted molar refractivity (Wildman–Crippen MR) is 90.0 cm³/mol. The molecule has 1 aliphatic rings. The van der Waals surface area contributed by atoms with E-state index in [1.165, 1.54) is 24.0 Å². The Hall–Kier alpha value is -1.06. The number of unbranched alkanes of at least 4 members (excludes halogenated alkanes) is 1. The highest BCUT2D eigenvalue weighted by atomic mass is 16.7. The van der Waals surface area contributed by atoms with Crippen molar-refractivity contribution in [2.24, 2.45) is 0 Å². The molecular weight excluding hydrogens is 259 g/mol. The molecule has 1 fully saturated rings. The van der Waals surface area contributed by atoms with Gasteiger partial charge in [-0.15, -0.1) is 0 Å². The zero-order chi connectivity index (χ0) is 15.5. The Labute approximate surface area is 129 Å². The van der Waals surface area contributed by atoms with Crippen LogP contribution in [0.4, 0.5) is 0 Å². The van der Waals surface area contributed by atoms with Crippen LogP contribution >= 0.6 is 0 Å². The van der Waals surface area contributed by atoms with Gasteiger partial charge in [0, 0.05) is 0 Å². The van der Waals surface area contributed by atoms with Crippen LogP contribution in [0.25, 0.3) is 5.57 Å². The average Bonchev–Trinajstić information content (AvgIpc) is 2.63. The van der Waals surface area contributed by atoms with Crippen LogP contribution in [0.5, 0.6) is 0 Å². The Balaban J connectivity index is 2.22. The SMILES string of the molecule is CCCC/C(=C/B1OC(C)(C)C(C)(C)O1)c1ccccc1. The predicted octanol–water partition coefficient (Wildman–Crippen LogP) is 4.89. The van der Waals surface area contributed by atoms with E-state index in [0.29, 0.717) is 0 Å². The van der Waals surface area contributed by atoms with Crippen LogP contribution in [-0.2, 0) is 9.31 Å². The molecular formula is C18H27BO2. The van der Waals surface area contributed by atoms with Gasteiger partial charge >= 0.3 is 7.12 Å². The van der Waals surface area contributed by atoms with Gasteiger partial charge in [-0.25, -0.2) is 0 Å². The quantitative estimate of drug-likeness (QED) is 0.717. The van der Waals surface area contributed by atoms with E-state index < -0.39 is 0 Å². The van der Waals surface area contributed by atoms with Gasteiger partial charge in [0.05, 0.1) is 11.2 Å². The number of rotatable bonds is 5. The first-order valence-corrected chi connectivity index (χ1v) is 7.97. The Morgan fingerprint density at radius 2 is 1.62 bits per heavy atom. The molecule has 0 bridgehead atoms.